The zero-order chi connectivity index (χ0) is 13.7. The van der Waals surface area contributed by atoms with Crippen molar-refractivity contribution in [2.75, 3.05) is 5.75 Å². The second kappa shape index (κ2) is 7.29. The lowest BCUT2D eigenvalue weighted by Crippen LogP contribution is -2.13. The van der Waals surface area contributed by atoms with Gasteiger partial charge < -0.3 is 5.11 Å². The molecular formula is C14H13BrClNOS. The fraction of sp³-hybridized carbons (Fsp3) is 0.214. The van der Waals surface area contributed by atoms with E-state index >= 15 is 0 Å². The fourth-order valence-corrected chi connectivity index (χ4v) is 3.33. The van der Waals surface area contributed by atoms with Crippen LogP contribution in [0.25, 0.3) is 0 Å². The van der Waals surface area contributed by atoms with Crippen molar-refractivity contribution in [3.05, 3.63) is 57.8 Å². The average molecular weight is 359 g/mol. The van der Waals surface area contributed by atoms with Gasteiger partial charge in [-0.3, -0.25) is 4.98 Å². The molecule has 2 rings (SSSR count). The molecule has 0 aliphatic heterocycles. The van der Waals surface area contributed by atoms with Crippen LogP contribution in [0.15, 0.2) is 52.1 Å². The number of hydrogen-bond acceptors (Lipinski definition) is 3. The van der Waals surface area contributed by atoms with Gasteiger partial charge in [-0.15, -0.1) is 11.8 Å². The largest absolute Gasteiger partial charge is 0.392 e. The zero-order valence-electron chi connectivity index (χ0n) is 10.1. The molecule has 0 aliphatic rings. The van der Waals surface area contributed by atoms with Crippen LogP contribution in [0.4, 0.5) is 0 Å². The minimum Gasteiger partial charge on any atom is -0.392 e. The van der Waals surface area contributed by atoms with Crippen LogP contribution in [0.3, 0.4) is 0 Å². The topological polar surface area (TPSA) is 33.1 Å². The Hall–Kier alpha value is -0.550. The van der Waals surface area contributed by atoms with Gasteiger partial charge in [0.1, 0.15) is 0 Å². The number of aliphatic hydroxyl groups excluding tert-OH is 1. The number of rotatable bonds is 5. The van der Waals surface area contributed by atoms with E-state index in [1.54, 1.807) is 24.2 Å². The first-order valence-electron chi connectivity index (χ1n) is 5.80. The van der Waals surface area contributed by atoms with Crippen LogP contribution in [0.5, 0.6) is 0 Å². The van der Waals surface area contributed by atoms with Gasteiger partial charge in [0.2, 0.25) is 0 Å². The molecule has 0 saturated heterocycles. The third-order valence-electron chi connectivity index (χ3n) is 2.58. The van der Waals surface area contributed by atoms with Gasteiger partial charge in [-0.1, -0.05) is 23.7 Å². The summed E-state index contributed by atoms with van der Waals surface area (Å²) in [5.41, 5.74) is 0.928. The Morgan fingerprint density at radius 2 is 2.11 bits per heavy atom. The van der Waals surface area contributed by atoms with Crippen molar-refractivity contribution in [1.82, 2.24) is 4.98 Å². The van der Waals surface area contributed by atoms with Crippen LogP contribution in [-0.4, -0.2) is 21.9 Å². The molecule has 0 bridgehead atoms. The monoisotopic (exact) mass is 357 g/mol. The molecule has 0 spiro atoms. The second-order valence-electron chi connectivity index (χ2n) is 4.07. The Balaban J connectivity index is 1.90. The summed E-state index contributed by atoms with van der Waals surface area (Å²) in [5, 5.41) is 10.7. The third-order valence-corrected chi connectivity index (χ3v) is 5.09. The van der Waals surface area contributed by atoms with Crippen molar-refractivity contribution in [1.29, 1.82) is 0 Å². The van der Waals surface area contributed by atoms with Gasteiger partial charge >= 0.3 is 0 Å². The first-order valence-corrected chi connectivity index (χ1v) is 7.96. The maximum absolute atomic E-state index is 10.1. The summed E-state index contributed by atoms with van der Waals surface area (Å²) in [6.45, 7) is 0. The molecule has 1 aromatic heterocycles. The number of aliphatic hydroxyl groups is 1. The Morgan fingerprint density at radius 1 is 1.32 bits per heavy atom. The number of aromatic nitrogens is 1. The number of nitrogens with zero attached hydrogens (tertiary/aromatic N) is 1. The summed E-state index contributed by atoms with van der Waals surface area (Å²) in [4.78, 5) is 5.06. The van der Waals surface area contributed by atoms with Gasteiger partial charge in [0.15, 0.2) is 0 Å². The van der Waals surface area contributed by atoms with Crippen LogP contribution in [-0.2, 0) is 6.42 Å². The normalized spacial score (nSPS) is 12.4. The zero-order valence-corrected chi connectivity index (χ0v) is 13.3. The van der Waals surface area contributed by atoms with E-state index in [4.69, 9.17) is 11.6 Å². The van der Waals surface area contributed by atoms with E-state index in [0.29, 0.717) is 17.2 Å². The van der Waals surface area contributed by atoms with E-state index in [1.807, 2.05) is 30.3 Å². The summed E-state index contributed by atoms with van der Waals surface area (Å²) in [6, 6.07) is 9.82. The summed E-state index contributed by atoms with van der Waals surface area (Å²) in [5.74, 6) is 0.626. The van der Waals surface area contributed by atoms with Gasteiger partial charge in [-0.2, -0.15) is 0 Å². The SMILES string of the molecule is OC(CSc1ccccc1Br)Cc1ccncc1Cl. The maximum Gasteiger partial charge on any atom is 0.0674 e. The number of pyridine rings is 1. The minimum absolute atomic E-state index is 0.433. The van der Waals surface area contributed by atoms with Crippen LogP contribution >= 0.6 is 39.3 Å². The van der Waals surface area contributed by atoms with Gasteiger partial charge in [-0.05, 0) is 39.7 Å². The Kier molecular flexibility index (Phi) is 5.70. The van der Waals surface area contributed by atoms with Crippen molar-refractivity contribution in [3.8, 4) is 0 Å². The Bertz CT molecular complexity index is 552. The van der Waals surface area contributed by atoms with Crippen LogP contribution in [0.2, 0.25) is 5.02 Å². The summed E-state index contributed by atoms with van der Waals surface area (Å²) in [7, 11) is 0. The number of halogens is 2. The molecule has 1 unspecified atom stereocenters. The lowest BCUT2D eigenvalue weighted by atomic mass is 10.1. The van der Waals surface area contributed by atoms with E-state index in [-0.39, 0.29) is 0 Å². The molecule has 1 heterocycles. The fourth-order valence-electron chi connectivity index (χ4n) is 1.63. The summed E-state index contributed by atoms with van der Waals surface area (Å²) < 4.78 is 1.05. The minimum atomic E-state index is -0.433. The molecule has 0 radical (unpaired) electrons. The number of hydrogen-bond donors (Lipinski definition) is 1. The van der Waals surface area contributed by atoms with E-state index in [9.17, 15) is 5.11 Å². The average Bonchev–Trinajstić information content (AvgIpc) is 2.40. The highest BCUT2D eigenvalue weighted by Crippen LogP contribution is 2.28. The van der Waals surface area contributed by atoms with Gasteiger partial charge in [-0.25, -0.2) is 0 Å². The second-order valence-corrected chi connectivity index (χ2v) is 6.39. The predicted molar refractivity (Wildman–Crippen MR) is 83.8 cm³/mol. The van der Waals surface area contributed by atoms with E-state index < -0.39 is 6.10 Å². The van der Waals surface area contributed by atoms with Gasteiger partial charge in [0.25, 0.3) is 0 Å². The standard InChI is InChI=1S/C14H13BrClNOS/c15-12-3-1-2-4-14(12)19-9-11(18)7-10-5-6-17-8-13(10)16/h1-6,8,11,18H,7,9H2. The molecule has 2 nitrogen and oxygen atoms in total. The third kappa shape index (κ3) is 4.49. The molecule has 0 amide bonds. The Morgan fingerprint density at radius 3 is 2.84 bits per heavy atom. The maximum atomic E-state index is 10.1. The van der Waals surface area contributed by atoms with Crippen molar-refractivity contribution < 1.29 is 5.11 Å². The first kappa shape index (κ1) is 14.9. The number of benzene rings is 1. The van der Waals surface area contributed by atoms with Crippen molar-refractivity contribution in [3.63, 3.8) is 0 Å². The van der Waals surface area contributed by atoms with Crippen molar-refractivity contribution in [2.24, 2.45) is 0 Å². The molecule has 0 aliphatic carbocycles. The lowest BCUT2D eigenvalue weighted by Gasteiger charge is -2.11. The van der Waals surface area contributed by atoms with Crippen molar-refractivity contribution >= 4 is 39.3 Å². The summed E-state index contributed by atoms with van der Waals surface area (Å²) in [6.07, 6.45) is 3.40. The molecule has 2 aromatic rings. The molecule has 100 valence electrons. The quantitative estimate of drug-likeness (QED) is 0.813. The van der Waals surface area contributed by atoms with Crippen LogP contribution in [0.1, 0.15) is 5.56 Å². The molecule has 1 atom stereocenters. The first-order chi connectivity index (χ1) is 9.16. The Labute approximate surface area is 130 Å². The molecule has 0 saturated carbocycles. The molecule has 0 fully saturated rings. The van der Waals surface area contributed by atoms with Gasteiger partial charge in [0.05, 0.1) is 11.1 Å². The molecule has 5 heteroatoms. The predicted octanol–water partition coefficient (Wildman–Crippen LogP) is 4.19. The van der Waals surface area contributed by atoms with E-state index in [1.165, 1.54) is 0 Å². The van der Waals surface area contributed by atoms with E-state index in [0.717, 1.165) is 14.9 Å². The lowest BCUT2D eigenvalue weighted by molar-refractivity contribution is 0.200. The highest BCUT2D eigenvalue weighted by Gasteiger charge is 2.10. The molecular weight excluding hydrogens is 346 g/mol. The molecule has 1 N–H and O–H groups in total. The van der Waals surface area contributed by atoms with E-state index in [2.05, 4.69) is 20.9 Å². The summed E-state index contributed by atoms with van der Waals surface area (Å²) >= 11 is 11.1. The van der Waals surface area contributed by atoms with Crippen LogP contribution < -0.4 is 0 Å². The molecule has 19 heavy (non-hydrogen) atoms. The van der Waals surface area contributed by atoms with Crippen LogP contribution in [0, 0.1) is 0 Å². The highest BCUT2D eigenvalue weighted by molar-refractivity contribution is 9.10. The molecule has 1 aromatic carbocycles. The smallest absolute Gasteiger partial charge is 0.0674 e. The van der Waals surface area contributed by atoms with Gasteiger partial charge in [0, 0.05) is 33.9 Å². The van der Waals surface area contributed by atoms with Crippen molar-refractivity contribution in [2.45, 2.75) is 17.4 Å². The highest BCUT2D eigenvalue weighted by atomic mass is 79.9. The number of thioether (sulfide) groups is 1.